The van der Waals surface area contributed by atoms with Gasteiger partial charge in [0.25, 0.3) is 10.0 Å². The molecule has 0 saturated carbocycles. The van der Waals surface area contributed by atoms with Gasteiger partial charge < -0.3 is 9.88 Å². The Morgan fingerprint density at radius 2 is 2.09 bits per heavy atom. The summed E-state index contributed by atoms with van der Waals surface area (Å²) in [6.07, 6.45) is 4.52. The fourth-order valence-electron chi connectivity index (χ4n) is 3.48. The molecule has 4 rings (SSSR count). The van der Waals surface area contributed by atoms with Crippen LogP contribution < -0.4 is 4.90 Å². The summed E-state index contributed by atoms with van der Waals surface area (Å²) in [6, 6.07) is 8.58. The lowest BCUT2D eigenvalue weighted by Gasteiger charge is -2.26. The number of fused-ring (bicyclic) bond motifs is 3. The fraction of sp³-hybridized carbons (Fsp3) is 0.400. The van der Waals surface area contributed by atoms with Crippen LogP contribution in [-0.4, -0.2) is 48.4 Å². The molecular weight excluding hydrogens is 300 g/mol. The van der Waals surface area contributed by atoms with Crippen molar-refractivity contribution in [2.24, 2.45) is 0 Å². The molecule has 0 aliphatic carbocycles. The predicted molar refractivity (Wildman–Crippen MR) is 83.2 cm³/mol. The number of para-hydroxylation sites is 1. The molecule has 1 unspecified atom stereocenters. The molecule has 1 saturated heterocycles. The third-order valence-electron chi connectivity index (χ3n) is 4.51. The van der Waals surface area contributed by atoms with Crippen molar-refractivity contribution in [3.8, 4) is 0 Å². The number of nitrogens with one attached hydrogen (secondary N) is 1. The topological polar surface area (TPSA) is 69.3 Å². The van der Waals surface area contributed by atoms with E-state index in [-0.39, 0.29) is 11.1 Å². The van der Waals surface area contributed by atoms with Gasteiger partial charge in [-0.15, -0.1) is 0 Å². The van der Waals surface area contributed by atoms with E-state index in [1.54, 1.807) is 4.31 Å². The molecule has 0 spiro atoms. The first-order valence-electron chi connectivity index (χ1n) is 7.49. The van der Waals surface area contributed by atoms with Crippen LogP contribution >= 0.6 is 0 Å². The Morgan fingerprint density at radius 3 is 2.91 bits per heavy atom. The van der Waals surface area contributed by atoms with Crippen LogP contribution in [0, 0.1) is 0 Å². The highest BCUT2D eigenvalue weighted by Gasteiger charge is 2.36. The van der Waals surface area contributed by atoms with E-state index in [2.05, 4.69) is 27.0 Å². The van der Waals surface area contributed by atoms with E-state index in [1.807, 2.05) is 12.1 Å². The predicted octanol–water partition coefficient (Wildman–Crippen LogP) is 1.24. The van der Waals surface area contributed by atoms with Crippen molar-refractivity contribution in [2.45, 2.75) is 23.9 Å². The van der Waals surface area contributed by atoms with Gasteiger partial charge in [-0.25, -0.2) is 13.4 Å². The van der Waals surface area contributed by atoms with Gasteiger partial charge in [-0.1, -0.05) is 18.2 Å². The zero-order valence-electron chi connectivity index (χ0n) is 12.1. The van der Waals surface area contributed by atoms with Gasteiger partial charge in [-0.2, -0.15) is 4.31 Å². The monoisotopic (exact) mass is 318 g/mol. The van der Waals surface area contributed by atoms with Gasteiger partial charge in [0.15, 0.2) is 5.03 Å². The molecule has 3 heterocycles. The lowest BCUT2D eigenvalue weighted by atomic mass is 10.1. The van der Waals surface area contributed by atoms with Crippen LogP contribution in [-0.2, 0) is 16.4 Å². The largest absolute Gasteiger partial charge is 0.367 e. The number of nitrogens with zero attached hydrogens (tertiary/aromatic N) is 3. The molecule has 6 nitrogen and oxygen atoms in total. The lowest BCUT2D eigenvalue weighted by Crippen LogP contribution is -2.41. The zero-order valence-corrected chi connectivity index (χ0v) is 13.0. The van der Waals surface area contributed by atoms with Crippen LogP contribution in [0.15, 0.2) is 41.8 Å². The minimum absolute atomic E-state index is 0.177. The van der Waals surface area contributed by atoms with Gasteiger partial charge in [0.1, 0.15) is 0 Å². The number of hydrogen-bond donors (Lipinski definition) is 1. The number of H-pyrrole nitrogens is 1. The average Bonchev–Trinajstić information content (AvgIpc) is 3.11. The molecule has 2 aliphatic rings. The smallest absolute Gasteiger partial charge is 0.260 e. The summed E-state index contributed by atoms with van der Waals surface area (Å²) >= 11 is 0. The molecule has 0 amide bonds. The van der Waals surface area contributed by atoms with Crippen molar-refractivity contribution in [1.82, 2.24) is 14.3 Å². The fourth-order valence-corrected chi connectivity index (χ4v) is 4.89. The van der Waals surface area contributed by atoms with E-state index < -0.39 is 10.0 Å². The third kappa shape index (κ3) is 2.12. The molecule has 0 bridgehead atoms. The second kappa shape index (κ2) is 5.10. The number of hydrogen-bond acceptors (Lipinski definition) is 4. The number of benzene rings is 1. The van der Waals surface area contributed by atoms with Crippen molar-refractivity contribution in [3.63, 3.8) is 0 Å². The van der Waals surface area contributed by atoms with Gasteiger partial charge in [0.2, 0.25) is 0 Å². The molecule has 2 aromatic rings. The highest BCUT2D eigenvalue weighted by atomic mass is 32.2. The Balaban J connectivity index is 1.63. The number of sulfonamides is 1. The Labute approximate surface area is 129 Å². The molecule has 116 valence electrons. The summed E-state index contributed by atoms with van der Waals surface area (Å²) in [5.74, 6) is 0. The highest BCUT2D eigenvalue weighted by molar-refractivity contribution is 7.89. The van der Waals surface area contributed by atoms with E-state index in [0.29, 0.717) is 13.1 Å². The van der Waals surface area contributed by atoms with Crippen molar-refractivity contribution in [1.29, 1.82) is 0 Å². The van der Waals surface area contributed by atoms with Gasteiger partial charge in [-0.3, -0.25) is 0 Å². The van der Waals surface area contributed by atoms with E-state index in [4.69, 9.17) is 0 Å². The lowest BCUT2D eigenvalue weighted by molar-refractivity contribution is 0.404. The minimum Gasteiger partial charge on any atom is -0.367 e. The van der Waals surface area contributed by atoms with Crippen LogP contribution in [0.25, 0.3) is 0 Å². The highest BCUT2D eigenvalue weighted by Crippen LogP contribution is 2.34. The van der Waals surface area contributed by atoms with Crippen LogP contribution in [0.4, 0.5) is 5.69 Å². The van der Waals surface area contributed by atoms with Gasteiger partial charge >= 0.3 is 0 Å². The molecular formula is C15H18N4O2S. The quantitative estimate of drug-likeness (QED) is 0.904. The Hall–Kier alpha value is -1.86. The van der Waals surface area contributed by atoms with E-state index in [0.717, 1.165) is 19.4 Å². The summed E-state index contributed by atoms with van der Waals surface area (Å²) in [5, 5.41) is 0.177. The van der Waals surface area contributed by atoms with Crippen molar-refractivity contribution >= 4 is 15.7 Å². The normalized spacial score (nSPS) is 22.2. The maximum atomic E-state index is 12.7. The Bertz CT molecular complexity index is 773. The Kier molecular flexibility index (Phi) is 3.19. The van der Waals surface area contributed by atoms with Gasteiger partial charge in [-0.05, 0) is 24.5 Å². The maximum absolute atomic E-state index is 12.7. The van der Waals surface area contributed by atoms with E-state index >= 15 is 0 Å². The average molecular weight is 318 g/mol. The van der Waals surface area contributed by atoms with Crippen molar-refractivity contribution in [2.75, 3.05) is 24.5 Å². The van der Waals surface area contributed by atoms with Gasteiger partial charge in [0.05, 0.1) is 12.5 Å². The number of aromatic amines is 1. The summed E-state index contributed by atoms with van der Waals surface area (Å²) < 4.78 is 27.0. The van der Waals surface area contributed by atoms with Crippen LogP contribution in [0.3, 0.4) is 0 Å². The first kappa shape index (κ1) is 13.8. The van der Waals surface area contributed by atoms with Crippen molar-refractivity contribution in [3.05, 3.63) is 42.4 Å². The molecule has 22 heavy (non-hydrogen) atoms. The number of imidazole rings is 1. The molecule has 0 radical (unpaired) electrons. The SMILES string of the molecule is O=S(=O)(c1cnc[nH]1)N1CCCN2c3ccccc3CC2C1. The second-order valence-corrected chi connectivity index (χ2v) is 7.72. The summed E-state index contributed by atoms with van der Waals surface area (Å²) in [4.78, 5) is 8.91. The molecule has 1 N–H and O–H groups in total. The molecule has 2 aliphatic heterocycles. The summed E-state index contributed by atoms with van der Waals surface area (Å²) in [6.45, 7) is 1.98. The van der Waals surface area contributed by atoms with Crippen LogP contribution in [0.1, 0.15) is 12.0 Å². The summed E-state index contributed by atoms with van der Waals surface area (Å²) in [5.41, 5.74) is 2.57. The zero-order chi connectivity index (χ0) is 15.2. The summed E-state index contributed by atoms with van der Waals surface area (Å²) in [7, 11) is -3.48. The van der Waals surface area contributed by atoms with E-state index in [9.17, 15) is 8.42 Å². The second-order valence-electron chi connectivity index (χ2n) is 5.81. The number of anilines is 1. The van der Waals surface area contributed by atoms with Crippen molar-refractivity contribution < 1.29 is 8.42 Å². The van der Waals surface area contributed by atoms with Gasteiger partial charge in [0, 0.05) is 31.4 Å². The number of aromatic nitrogens is 2. The van der Waals surface area contributed by atoms with E-state index in [1.165, 1.54) is 23.8 Å². The first-order valence-corrected chi connectivity index (χ1v) is 8.93. The standard InChI is InChI=1S/C15H18N4O2S/c20-22(21,15-9-16-11-17-15)18-6-3-7-19-13(10-18)8-12-4-1-2-5-14(12)19/h1-2,4-5,9,11,13H,3,6-8,10H2,(H,16,17). The number of rotatable bonds is 2. The molecule has 7 heteroatoms. The maximum Gasteiger partial charge on any atom is 0.260 e. The Morgan fingerprint density at radius 1 is 1.23 bits per heavy atom. The third-order valence-corrected chi connectivity index (χ3v) is 6.30. The first-order chi connectivity index (χ1) is 10.7. The molecule has 1 atom stereocenters. The molecule has 1 fully saturated rings. The minimum atomic E-state index is -3.48. The molecule has 1 aromatic carbocycles. The van der Waals surface area contributed by atoms with Crippen LogP contribution in [0.2, 0.25) is 0 Å². The molecule has 1 aromatic heterocycles. The van der Waals surface area contributed by atoms with Crippen LogP contribution in [0.5, 0.6) is 0 Å².